The van der Waals surface area contributed by atoms with Crippen molar-refractivity contribution in [2.75, 3.05) is 62.7 Å². The Hall–Kier alpha value is -4.16. The molecule has 4 aromatic rings. The lowest BCUT2D eigenvalue weighted by Crippen LogP contribution is -2.49. The van der Waals surface area contributed by atoms with E-state index in [2.05, 4.69) is 53.8 Å². The second-order valence-electron chi connectivity index (χ2n) is 15.5. The number of carbonyl (C=O) groups is 2. The summed E-state index contributed by atoms with van der Waals surface area (Å²) in [6.45, 7) is 5.86. The van der Waals surface area contributed by atoms with Gasteiger partial charge in [0.25, 0.3) is 5.56 Å². The molecule has 9 nitrogen and oxygen atoms in total. The highest BCUT2D eigenvalue weighted by Gasteiger charge is 2.46. The summed E-state index contributed by atoms with van der Waals surface area (Å²) in [5, 5.41) is 3.10. The average Bonchev–Trinajstić information content (AvgIpc) is 3.44. The number of fused-ring (bicyclic) bond motifs is 7. The first kappa shape index (κ1) is 36.8. The van der Waals surface area contributed by atoms with E-state index in [9.17, 15) is 14.4 Å². The fourth-order valence-electron chi connectivity index (χ4n) is 9.59. The van der Waals surface area contributed by atoms with E-state index in [-0.39, 0.29) is 35.3 Å². The minimum atomic E-state index is -1.01. The van der Waals surface area contributed by atoms with Crippen LogP contribution in [0.3, 0.4) is 0 Å². The summed E-state index contributed by atoms with van der Waals surface area (Å²) in [6.07, 6.45) is 8.24. The van der Waals surface area contributed by atoms with Gasteiger partial charge >= 0.3 is 0 Å². The van der Waals surface area contributed by atoms with Crippen LogP contribution in [0.25, 0.3) is 16.6 Å². The number of anilines is 2. The van der Waals surface area contributed by atoms with E-state index in [1.165, 1.54) is 36.9 Å². The fourth-order valence-corrected chi connectivity index (χ4v) is 10.1. The number of hydrogen-bond acceptors (Lipinski definition) is 7. The molecule has 54 heavy (non-hydrogen) atoms. The monoisotopic (exact) mass is 800 g/mol. The first-order chi connectivity index (χ1) is 26.2. The highest BCUT2D eigenvalue weighted by molar-refractivity contribution is 9.10. The van der Waals surface area contributed by atoms with Gasteiger partial charge in [0.05, 0.1) is 22.0 Å². The number of hydrogen-bond donors (Lipinski definition) is 1. The first-order valence-corrected chi connectivity index (χ1v) is 20.2. The van der Waals surface area contributed by atoms with Crippen LogP contribution in [0.15, 0.2) is 57.8 Å². The highest BCUT2D eigenvalue weighted by atomic mass is 79.9. The van der Waals surface area contributed by atoms with Crippen molar-refractivity contribution in [3.05, 3.63) is 91.9 Å². The predicted octanol–water partition coefficient (Wildman–Crippen LogP) is 6.84. The quantitative estimate of drug-likeness (QED) is 0.186. The molecular weight excluding hydrogens is 754 g/mol. The summed E-state index contributed by atoms with van der Waals surface area (Å²) in [4.78, 5) is 48.5. The number of nitrogens with one attached hydrogen (secondary N) is 1. The zero-order valence-corrected chi connectivity index (χ0v) is 32.3. The van der Waals surface area contributed by atoms with Gasteiger partial charge in [-0.15, -0.1) is 0 Å². The summed E-state index contributed by atoms with van der Waals surface area (Å²) in [5.41, 5.74) is 4.39. The van der Waals surface area contributed by atoms with Crippen molar-refractivity contribution in [1.82, 2.24) is 19.8 Å². The Bertz CT molecular complexity index is 2110. The number of piperidine rings is 1. The van der Waals surface area contributed by atoms with E-state index in [1.54, 1.807) is 0 Å². The second-order valence-corrected chi connectivity index (χ2v) is 16.4. The van der Waals surface area contributed by atoms with Crippen molar-refractivity contribution < 1.29 is 18.4 Å². The Morgan fingerprint density at radius 2 is 1.67 bits per heavy atom. The third-order valence-electron chi connectivity index (χ3n) is 12.5. The Kier molecular flexibility index (Phi) is 10.3. The van der Waals surface area contributed by atoms with Gasteiger partial charge in [0.2, 0.25) is 5.91 Å². The number of rotatable bonds is 9. The predicted molar refractivity (Wildman–Crippen MR) is 211 cm³/mol. The lowest BCUT2D eigenvalue weighted by atomic mass is 9.70. The number of halogens is 3. The molecular formula is C42H47BrF2N6O3. The standard InChI is InChI=1S/C42H47BrF2N6O3/c1-46-37(53)11-8-28(26-52)38-33(44)22-30(23-34(38)45)50-20-18-48(19-21-50)25-27-12-16-49(17-13-27)29-9-10-31-36(24-29)51-35-7-5-6-32(43)39(35)40(54)47-41(51)42(31)14-3-2-4-15-42/h5-7,9-10,22-24,26-28H,2-4,8,11-21,25H2,1H3,(H,46,53). The van der Waals surface area contributed by atoms with Crippen LogP contribution in [-0.4, -0.2) is 79.5 Å². The van der Waals surface area contributed by atoms with Crippen LogP contribution in [0.1, 0.15) is 80.7 Å². The maximum absolute atomic E-state index is 15.2. The van der Waals surface area contributed by atoms with E-state index < -0.39 is 17.6 Å². The Balaban J connectivity index is 0.913. The fraction of sp³-hybridized carbons (Fsp3) is 0.476. The van der Waals surface area contributed by atoms with Gasteiger partial charge in [0.15, 0.2) is 0 Å². The van der Waals surface area contributed by atoms with Gasteiger partial charge in [-0.1, -0.05) is 31.4 Å². The minimum absolute atomic E-state index is 0.0172. The van der Waals surface area contributed by atoms with E-state index in [1.807, 2.05) is 23.1 Å². The lowest BCUT2D eigenvalue weighted by molar-refractivity contribution is -0.120. The Morgan fingerprint density at radius 3 is 2.35 bits per heavy atom. The van der Waals surface area contributed by atoms with Crippen LogP contribution >= 0.6 is 15.9 Å². The number of aldehydes is 1. The van der Waals surface area contributed by atoms with Gasteiger partial charge < -0.3 is 19.9 Å². The summed E-state index contributed by atoms with van der Waals surface area (Å²) in [7, 11) is 1.49. The zero-order chi connectivity index (χ0) is 37.6. The molecule has 4 aliphatic rings. The zero-order valence-electron chi connectivity index (χ0n) is 30.8. The van der Waals surface area contributed by atoms with Crippen molar-refractivity contribution in [3.8, 4) is 5.69 Å². The SMILES string of the molecule is CNC(=O)CCC(C=O)c1c(F)cc(N2CCN(CC3CCN(c4ccc5c(c4)-n4c(nc(=O)c6c(Br)cccc64)C54CCCCC4)CC3)CC2)cc1F. The highest BCUT2D eigenvalue weighted by Crippen LogP contribution is 2.52. The van der Waals surface area contributed by atoms with Crippen LogP contribution in [0, 0.1) is 17.6 Å². The third kappa shape index (κ3) is 6.63. The molecule has 1 spiro atoms. The molecule has 3 aliphatic heterocycles. The smallest absolute Gasteiger partial charge is 0.281 e. The first-order valence-electron chi connectivity index (χ1n) is 19.4. The van der Waals surface area contributed by atoms with Crippen LogP contribution in [0.5, 0.6) is 0 Å². The Morgan fingerprint density at radius 1 is 0.963 bits per heavy atom. The molecule has 1 saturated carbocycles. The number of piperazine rings is 1. The maximum atomic E-state index is 15.2. The summed E-state index contributed by atoms with van der Waals surface area (Å²) >= 11 is 3.62. The number of amides is 1. The molecule has 1 N–H and O–H groups in total. The van der Waals surface area contributed by atoms with Gasteiger partial charge in [0, 0.05) is 86.6 Å². The van der Waals surface area contributed by atoms with Gasteiger partial charge in [-0.05, 0) is 95.9 Å². The minimum Gasteiger partial charge on any atom is -0.371 e. The van der Waals surface area contributed by atoms with Crippen LogP contribution in [-0.2, 0) is 15.0 Å². The van der Waals surface area contributed by atoms with Crippen LogP contribution in [0.2, 0.25) is 0 Å². The van der Waals surface area contributed by atoms with Gasteiger partial charge in [-0.2, -0.15) is 4.98 Å². The van der Waals surface area contributed by atoms with E-state index in [0.29, 0.717) is 36.4 Å². The van der Waals surface area contributed by atoms with Crippen molar-refractivity contribution in [2.24, 2.45) is 5.92 Å². The van der Waals surface area contributed by atoms with Crippen molar-refractivity contribution in [3.63, 3.8) is 0 Å². The largest absolute Gasteiger partial charge is 0.371 e. The molecule has 1 amide bonds. The molecule has 0 bridgehead atoms. The normalized spacial score (nSPS) is 19.2. The van der Waals surface area contributed by atoms with E-state index >= 15 is 8.78 Å². The second kappa shape index (κ2) is 15.2. The topological polar surface area (TPSA) is 90.8 Å². The molecule has 3 aromatic carbocycles. The third-order valence-corrected chi connectivity index (χ3v) is 13.2. The molecule has 284 valence electrons. The van der Waals surface area contributed by atoms with Crippen LogP contribution in [0.4, 0.5) is 20.2 Å². The number of nitrogens with zero attached hydrogens (tertiary/aromatic N) is 5. The molecule has 1 unspecified atom stereocenters. The molecule has 1 aromatic heterocycles. The molecule has 1 atom stereocenters. The average molecular weight is 802 g/mol. The van der Waals surface area contributed by atoms with Gasteiger partial charge in [0.1, 0.15) is 23.7 Å². The van der Waals surface area contributed by atoms with Crippen molar-refractivity contribution >= 4 is 50.4 Å². The van der Waals surface area contributed by atoms with Crippen molar-refractivity contribution in [1.29, 1.82) is 0 Å². The van der Waals surface area contributed by atoms with E-state index in [0.717, 1.165) is 92.7 Å². The van der Waals surface area contributed by atoms with Gasteiger partial charge in [-0.25, -0.2) is 8.78 Å². The maximum Gasteiger partial charge on any atom is 0.281 e. The number of carbonyl (C=O) groups excluding carboxylic acids is 2. The Labute approximate surface area is 322 Å². The lowest BCUT2D eigenvalue weighted by Gasteiger charge is -2.40. The molecule has 4 heterocycles. The summed E-state index contributed by atoms with van der Waals surface area (Å²) < 4.78 is 33.4. The molecule has 12 heteroatoms. The number of aromatic nitrogens is 2. The molecule has 1 aliphatic carbocycles. The van der Waals surface area contributed by atoms with Crippen molar-refractivity contribution in [2.45, 2.75) is 69.1 Å². The molecule has 2 saturated heterocycles. The van der Waals surface area contributed by atoms with E-state index in [4.69, 9.17) is 4.98 Å². The molecule has 0 radical (unpaired) electrons. The number of benzene rings is 3. The van der Waals surface area contributed by atoms with Crippen LogP contribution < -0.4 is 20.7 Å². The summed E-state index contributed by atoms with van der Waals surface area (Å²) in [6, 6.07) is 15.5. The van der Waals surface area contributed by atoms with Gasteiger partial charge in [-0.3, -0.25) is 19.1 Å². The summed E-state index contributed by atoms with van der Waals surface area (Å²) in [5.74, 6) is -1.32. The molecule has 3 fully saturated rings. The molecule has 8 rings (SSSR count).